The minimum absolute atomic E-state index is 0.207. The van der Waals surface area contributed by atoms with Crippen molar-refractivity contribution in [3.63, 3.8) is 0 Å². The number of benzene rings is 3. The van der Waals surface area contributed by atoms with E-state index in [9.17, 15) is 9.59 Å². The van der Waals surface area contributed by atoms with Crippen LogP contribution in [0.15, 0.2) is 96.3 Å². The van der Waals surface area contributed by atoms with E-state index < -0.39 is 5.97 Å². The molecule has 0 aliphatic carbocycles. The fourth-order valence-corrected chi connectivity index (χ4v) is 3.68. The standard InChI is InChI=1S/C28H20O5/c1-18-21(15-20-9-5-6-10-24(20)31-18)16-26-28(30)23-13-12-22(17-25(23)33-26)32-27(29)14-11-19-7-3-2-4-8-19/h2-18H,1H3/t18-/m1/s1. The Labute approximate surface area is 191 Å². The van der Waals surface area contributed by atoms with Crippen LogP contribution >= 0.6 is 0 Å². The molecule has 2 heterocycles. The van der Waals surface area contributed by atoms with Crippen LogP contribution in [0, 0.1) is 0 Å². The Hall–Kier alpha value is -4.38. The van der Waals surface area contributed by atoms with Gasteiger partial charge in [-0.2, -0.15) is 0 Å². The average Bonchev–Trinajstić information content (AvgIpc) is 3.13. The number of allylic oxidation sites excluding steroid dienone is 1. The molecule has 5 heteroatoms. The van der Waals surface area contributed by atoms with Gasteiger partial charge in [0.25, 0.3) is 0 Å². The van der Waals surface area contributed by atoms with Crippen LogP contribution < -0.4 is 14.2 Å². The third kappa shape index (κ3) is 4.34. The van der Waals surface area contributed by atoms with E-state index in [0.717, 1.165) is 22.4 Å². The molecule has 33 heavy (non-hydrogen) atoms. The number of fused-ring (bicyclic) bond motifs is 2. The molecule has 2 aliphatic heterocycles. The second kappa shape index (κ2) is 8.63. The van der Waals surface area contributed by atoms with Crippen LogP contribution in [0.25, 0.3) is 12.2 Å². The zero-order chi connectivity index (χ0) is 22.8. The van der Waals surface area contributed by atoms with Crippen molar-refractivity contribution in [2.24, 2.45) is 0 Å². The van der Waals surface area contributed by atoms with E-state index in [4.69, 9.17) is 14.2 Å². The lowest BCUT2D eigenvalue weighted by Gasteiger charge is -2.22. The molecule has 0 aromatic heterocycles. The van der Waals surface area contributed by atoms with Gasteiger partial charge in [-0.15, -0.1) is 0 Å². The molecule has 0 fully saturated rings. The minimum atomic E-state index is -0.518. The first-order chi connectivity index (χ1) is 16.1. The van der Waals surface area contributed by atoms with Crippen LogP contribution in [0.1, 0.15) is 28.4 Å². The maximum Gasteiger partial charge on any atom is 0.336 e. The molecule has 0 unspecified atom stereocenters. The molecular weight excluding hydrogens is 416 g/mol. The van der Waals surface area contributed by atoms with Gasteiger partial charge in [0.15, 0.2) is 5.76 Å². The van der Waals surface area contributed by atoms with Gasteiger partial charge in [-0.05, 0) is 54.5 Å². The van der Waals surface area contributed by atoms with Crippen molar-refractivity contribution in [1.29, 1.82) is 0 Å². The molecule has 0 saturated heterocycles. The van der Waals surface area contributed by atoms with Crippen molar-refractivity contribution in [1.82, 2.24) is 0 Å². The van der Waals surface area contributed by atoms with Gasteiger partial charge in [0.05, 0.1) is 5.56 Å². The monoisotopic (exact) mass is 436 g/mol. The second-order valence-corrected chi connectivity index (χ2v) is 7.71. The SMILES string of the molecule is C[C@H]1Oc2ccccc2C=C1C=C1Oc2cc(OC(=O)C=Cc3ccccc3)ccc2C1=O. The van der Waals surface area contributed by atoms with E-state index >= 15 is 0 Å². The van der Waals surface area contributed by atoms with Crippen LogP contribution in [0.4, 0.5) is 0 Å². The normalized spacial score (nSPS) is 17.7. The maximum absolute atomic E-state index is 12.8. The number of carbonyl (C=O) groups excluding carboxylic acids is 2. The lowest BCUT2D eigenvalue weighted by molar-refractivity contribution is -0.128. The Morgan fingerprint density at radius 1 is 0.970 bits per heavy atom. The van der Waals surface area contributed by atoms with Crippen LogP contribution in [-0.4, -0.2) is 17.9 Å². The van der Waals surface area contributed by atoms with Crippen LogP contribution in [0.5, 0.6) is 17.2 Å². The number of Topliss-reactive ketones (excluding diaryl/α,β-unsaturated/α-hetero) is 1. The molecule has 0 saturated carbocycles. The Morgan fingerprint density at radius 3 is 2.61 bits per heavy atom. The Balaban J connectivity index is 1.33. The van der Waals surface area contributed by atoms with Gasteiger partial charge in [-0.25, -0.2) is 4.79 Å². The second-order valence-electron chi connectivity index (χ2n) is 7.71. The first kappa shape index (κ1) is 20.5. The number of rotatable bonds is 4. The quantitative estimate of drug-likeness (QED) is 0.301. The van der Waals surface area contributed by atoms with Crippen molar-refractivity contribution in [2.75, 3.05) is 0 Å². The fourth-order valence-electron chi connectivity index (χ4n) is 3.68. The van der Waals surface area contributed by atoms with Crippen molar-refractivity contribution in [3.8, 4) is 17.2 Å². The summed E-state index contributed by atoms with van der Waals surface area (Å²) in [6, 6.07) is 21.9. The molecule has 0 radical (unpaired) electrons. The maximum atomic E-state index is 12.8. The molecule has 5 rings (SSSR count). The number of esters is 1. The van der Waals surface area contributed by atoms with E-state index in [0.29, 0.717) is 17.1 Å². The number of hydrogen-bond acceptors (Lipinski definition) is 5. The smallest absolute Gasteiger partial charge is 0.336 e. The Morgan fingerprint density at radius 2 is 1.76 bits per heavy atom. The highest BCUT2D eigenvalue weighted by molar-refractivity contribution is 6.12. The summed E-state index contributed by atoms with van der Waals surface area (Å²) in [5.41, 5.74) is 3.10. The van der Waals surface area contributed by atoms with E-state index in [-0.39, 0.29) is 17.6 Å². The summed E-state index contributed by atoms with van der Waals surface area (Å²) in [6.45, 7) is 1.92. The van der Waals surface area contributed by atoms with Gasteiger partial charge in [-0.1, -0.05) is 48.5 Å². The highest BCUT2D eigenvalue weighted by Gasteiger charge is 2.29. The number of ether oxygens (including phenoxy) is 3. The van der Waals surface area contributed by atoms with Gasteiger partial charge in [-0.3, -0.25) is 4.79 Å². The van der Waals surface area contributed by atoms with Crippen molar-refractivity contribution in [2.45, 2.75) is 13.0 Å². The van der Waals surface area contributed by atoms with E-state index in [1.165, 1.54) is 6.08 Å². The lowest BCUT2D eigenvalue weighted by Crippen LogP contribution is -2.18. The molecule has 0 spiro atoms. The van der Waals surface area contributed by atoms with Crippen LogP contribution in [0.2, 0.25) is 0 Å². The van der Waals surface area contributed by atoms with Gasteiger partial charge in [0.1, 0.15) is 23.4 Å². The molecule has 1 atom stereocenters. The molecule has 5 nitrogen and oxygen atoms in total. The molecule has 2 aliphatic rings. The summed E-state index contributed by atoms with van der Waals surface area (Å²) in [6.07, 6.45) is 6.50. The Bertz CT molecular complexity index is 1330. The topological polar surface area (TPSA) is 61.8 Å². The molecule has 162 valence electrons. The summed E-state index contributed by atoms with van der Waals surface area (Å²) in [7, 11) is 0. The highest BCUT2D eigenvalue weighted by atomic mass is 16.5. The zero-order valence-electron chi connectivity index (χ0n) is 17.9. The van der Waals surface area contributed by atoms with Gasteiger partial charge in [0.2, 0.25) is 5.78 Å². The van der Waals surface area contributed by atoms with E-state index in [1.54, 1.807) is 30.4 Å². The third-order valence-electron chi connectivity index (χ3n) is 5.38. The third-order valence-corrected chi connectivity index (χ3v) is 5.38. The molecule has 0 N–H and O–H groups in total. The van der Waals surface area contributed by atoms with Crippen molar-refractivity contribution < 1.29 is 23.8 Å². The van der Waals surface area contributed by atoms with Crippen molar-refractivity contribution in [3.05, 3.63) is 113 Å². The van der Waals surface area contributed by atoms with Crippen molar-refractivity contribution >= 4 is 23.9 Å². The number of para-hydroxylation sites is 1. The minimum Gasteiger partial charge on any atom is -0.485 e. The summed E-state index contributed by atoms with van der Waals surface area (Å²) < 4.78 is 17.1. The molecule has 3 aromatic carbocycles. The summed E-state index contributed by atoms with van der Waals surface area (Å²) in [5.74, 6) is 0.928. The predicted molar refractivity (Wildman–Crippen MR) is 125 cm³/mol. The average molecular weight is 436 g/mol. The number of hydrogen-bond donors (Lipinski definition) is 0. The first-order valence-electron chi connectivity index (χ1n) is 10.6. The van der Waals surface area contributed by atoms with Gasteiger partial charge in [0, 0.05) is 17.7 Å². The summed E-state index contributed by atoms with van der Waals surface area (Å²) in [5, 5.41) is 0. The highest BCUT2D eigenvalue weighted by Crippen LogP contribution is 2.36. The van der Waals surface area contributed by atoms with E-state index in [2.05, 4.69) is 0 Å². The van der Waals surface area contributed by atoms with E-state index in [1.807, 2.05) is 67.6 Å². The molecule has 0 amide bonds. The number of carbonyl (C=O) groups is 2. The summed E-state index contributed by atoms with van der Waals surface area (Å²) >= 11 is 0. The molecular formula is C28H20O5. The van der Waals surface area contributed by atoms with Gasteiger partial charge >= 0.3 is 5.97 Å². The first-order valence-corrected chi connectivity index (χ1v) is 10.6. The van der Waals surface area contributed by atoms with Crippen LogP contribution in [0.3, 0.4) is 0 Å². The number of ketones is 1. The summed E-state index contributed by atoms with van der Waals surface area (Å²) in [4.78, 5) is 25.0. The van der Waals surface area contributed by atoms with Crippen LogP contribution in [-0.2, 0) is 4.79 Å². The Kier molecular flexibility index (Phi) is 5.37. The molecule has 3 aromatic rings. The largest absolute Gasteiger partial charge is 0.485 e. The zero-order valence-corrected chi connectivity index (χ0v) is 17.9. The predicted octanol–water partition coefficient (Wildman–Crippen LogP) is 5.63. The van der Waals surface area contributed by atoms with Gasteiger partial charge < -0.3 is 14.2 Å². The fraction of sp³-hybridized carbons (Fsp3) is 0.0714. The lowest BCUT2D eigenvalue weighted by atomic mass is 10.0. The molecule has 0 bridgehead atoms.